The summed E-state index contributed by atoms with van der Waals surface area (Å²) < 4.78 is 38.7. The van der Waals surface area contributed by atoms with Crippen LogP contribution in [-0.2, 0) is 6.18 Å². The van der Waals surface area contributed by atoms with Gasteiger partial charge in [-0.25, -0.2) is 4.79 Å². The number of rotatable bonds is 4. The van der Waals surface area contributed by atoms with Crippen molar-refractivity contribution in [2.45, 2.75) is 12.6 Å². The number of nitrogens with one attached hydrogen (secondary N) is 1. The Labute approximate surface area is 120 Å². The lowest BCUT2D eigenvalue weighted by Gasteiger charge is -2.15. The molecule has 0 aromatic heterocycles. The molecular weight excluding hydrogens is 285 g/mol. The first-order chi connectivity index (χ1) is 9.77. The Kier molecular flexibility index (Phi) is 4.41. The van der Waals surface area contributed by atoms with Gasteiger partial charge in [-0.15, -0.1) is 0 Å². The maximum atomic E-state index is 12.9. The molecule has 0 spiro atoms. The number of anilines is 1. The molecule has 4 nitrogen and oxygen atoms in total. The molecule has 1 aliphatic heterocycles. The molecule has 7 heteroatoms. The van der Waals surface area contributed by atoms with E-state index in [0.29, 0.717) is 18.2 Å². The topological polar surface area (TPSA) is 52.6 Å². The second-order valence-corrected chi connectivity index (χ2v) is 5.36. The highest BCUT2D eigenvalue weighted by molar-refractivity contribution is 5.90. The van der Waals surface area contributed by atoms with Crippen LogP contribution < -0.4 is 5.32 Å². The maximum Gasteiger partial charge on any atom is 0.417 e. The summed E-state index contributed by atoms with van der Waals surface area (Å²) in [6.07, 6.45) is -3.68. The van der Waals surface area contributed by atoms with Crippen molar-refractivity contribution in [2.75, 3.05) is 32.0 Å². The molecule has 0 radical (unpaired) electrons. The lowest BCUT2D eigenvalue weighted by Crippen LogP contribution is -2.19. The molecule has 1 aromatic carbocycles. The summed E-state index contributed by atoms with van der Waals surface area (Å²) >= 11 is 0. The van der Waals surface area contributed by atoms with Crippen molar-refractivity contribution < 1.29 is 23.1 Å². The van der Waals surface area contributed by atoms with E-state index in [9.17, 15) is 18.0 Å². The van der Waals surface area contributed by atoms with Crippen LogP contribution in [0, 0.1) is 5.92 Å². The third kappa shape index (κ3) is 3.87. The first-order valence-corrected chi connectivity index (χ1v) is 6.64. The molecule has 2 N–H and O–H groups in total. The SMILES string of the molecule is CN1CCC(CNc2ccc(C(=O)O)c(C(F)(F)F)c2)C1. The number of aromatic carboxylic acids is 1. The van der Waals surface area contributed by atoms with Crippen molar-refractivity contribution in [2.24, 2.45) is 5.92 Å². The third-order valence-electron chi connectivity index (χ3n) is 3.64. The highest BCUT2D eigenvalue weighted by atomic mass is 19.4. The molecule has 1 saturated heterocycles. The molecular formula is C14H17F3N2O2. The van der Waals surface area contributed by atoms with Crippen LogP contribution in [-0.4, -0.2) is 42.7 Å². The first kappa shape index (κ1) is 15.6. The number of alkyl halides is 3. The van der Waals surface area contributed by atoms with Crippen molar-refractivity contribution in [1.29, 1.82) is 0 Å². The van der Waals surface area contributed by atoms with Crippen molar-refractivity contribution >= 4 is 11.7 Å². The smallest absolute Gasteiger partial charge is 0.417 e. The van der Waals surface area contributed by atoms with Crippen molar-refractivity contribution in [3.8, 4) is 0 Å². The molecule has 0 bridgehead atoms. The Balaban J connectivity index is 2.12. The third-order valence-corrected chi connectivity index (χ3v) is 3.64. The van der Waals surface area contributed by atoms with Crippen molar-refractivity contribution in [1.82, 2.24) is 4.90 Å². The van der Waals surface area contributed by atoms with E-state index in [1.54, 1.807) is 0 Å². The summed E-state index contributed by atoms with van der Waals surface area (Å²) in [5.74, 6) is -1.19. The number of hydrogen-bond donors (Lipinski definition) is 2. The fourth-order valence-corrected chi connectivity index (χ4v) is 2.53. The van der Waals surface area contributed by atoms with Gasteiger partial charge in [0, 0.05) is 18.8 Å². The van der Waals surface area contributed by atoms with E-state index in [4.69, 9.17) is 5.11 Å². The average Bonchev–Trinajstić information content (AvgIpc) is 2.81. The fourth-order valence-electron chi connectivity index (χ4n) is 2.53. The van der Waals surface area contributed by atoms with E-state index in [2.05, 4.69) is 10.2 Å². The quantitative estimate of drug-likeness (QED) is 0.898. The molecule has 116 valence electrons. The van der Waals surface area contributed by atoms with Crippen LogP contribution in [0.5, 0.6) is 0 Å². The molecule has 1 aromatic rings. The van der Waals surface area contributed by atoms with Crippen LogP contribution in [0.15, 0.2) is 18.2 Å². The molecule has 2 rings (SSSR count). The maximum absolute atomic E-state index is 12.9. The normalized spacial score (nSPS) is 19.7. The summed E-state index contributed by atoms with van der Waals surface area (Å²) in [5, 5.41) is 11.8. The van der Waals surface area contributed by atoms with Gasteiger partial charge in [0.2, 0.25) is 0 Å². The number of likely N-dealkylation sites (tertiary alicyclic amines) is 1. The van der Waals surface area contributed by atoms with Gasteiger partial charge in [-0.3, -0.25) is 0 Å². The second kappa shape index (κ2) is 5.93. The van der Waals surface area contributed by atoms with E-state index >= 15 is 0 Å². The number of carboxylic acids is 1. The average molecular weight is 302 g/mol. The fraction of sp³-hybridized carbons (Fsp3) is 0.500. The van der Waals surface area contributed by atoms with Gasteiger partial charge in [0.05, 0.1) is 11.1 Å². The molecule has 0 saturated carbocycles. The second-order valence-electron chi connectivity index (χ2n) is 5.36. The predicted molar refractivity (Wildman–Crippen MR) is 72.5 cm³/mol. The predicted octanol–water partition coefficient (Wildman–Crippen LogP) is 2.77. The molecule has 1 aliphatic rings. The minimum atomic E-state index is -4.68. The van der Waals surface area contributed by atoms with Crippen LogP contribution in [0.3, 0.4) is 0 Å². The van der Waals surface area contributed by atoms with Crippen LogP contribution in [0.25, 0.3) is 0 Å². The Hall–Kier alpha value is -1.76. The van der Waals surface area contributed by atoms with Crippen LogP contribution in [0.4, 0.5) is 18.9 Å². The monoisotopic (exact) mass is 302 g/mol. The number of carbonyl (C=O) groups is 1. The van der Waals surface area contributed by atoms with Gasteiger partial charge < -0.3 is 15.3 Å². The number of carboxylic acid groups (broad SMARTS) is 1. The van der Waals surface area contributed by atoms with Crippen LogP contribution in [0.2, 0.25) is 0 Å². The van der Waals surface area contributed by atoms with E-state index in [-0.39, 0.29) is 0 Å². The van der Waals surface area contributed by atoms with Gasteiger partial charge in [-0.05, 0) is 44.1 Å². The van der Waals surface area contributed by atoms with E-state index in [0.717, 1.165) is 31.6 Å². The summed E-state index contributed by atoms with van der Waals surface area (Å²) in [6.45, 7) is 2.47. The lowest BCUT2D eigenvalue weighted by atomic mass is 10.1. The van der Waals surface area contributed by atoms with Gasteiger partial charge in [-0.2, -0.15) is 13.2 Å². The Bertz CT molecular complexity index is 531. The molecule has 1 atom stereocenters. The number of nitrogens with zero attached hydrogens (tertiary/aromatic N) is 1. The molecule has 1 heterocycles. The number of hydrogen-bond acceptors (Lipinski definition) is 3. The zero-order valence-electron chi connectivity index (χ0n) is 11.6. The van der Waals surface area contributed by atoms with E-state index < -0.39 is 23.3 Å². The van der Waals surface area contributed by atoms with Gasteiger partial charge in [0.25, 0.3) is 0 Å². The van der Waals surface area contributed by atoms with Crippen molar-refractivity contribution in [3.05, 3.63) is 29.3 Å². The summed E-state index contributed by atoms with van der Waals surface area (Å²) in [5.41, 5.74) is -1.56. The summed E-state index contributed by atoms with van der Waals surface area (Å²) in [4.78, 5) is 13.0. The summed E-state index contributed by atoms with van der Waals surface area (Å²) in [6, 6.07) is 3.23. The molecule has 1 unspecified atom stereocenters. The zero-order chi connectivity index (χ0) is 15.6. The molecule has 1 fully saturated rings. The highest BCUT2D eigenvalue weighted by Gasteiger charge is 2.35. The van der Waals surface area contributed by atoms with E-state index in [1.165, 1.54) is 6.07 Å². The highest BCUT2D eigenvalue weighted by Crippen LogP contribution is 2.34. The van der Waals surface area contributed by atoms with Crippen LogP contribution >= 0.6 is 0 Å². The molecule has 0 aliphatic carbocycles. The van der Waals surface area contributed by atoms with Gasteiger partial charge in [0.1, 0.15) is 0 Å². The van der Waals surface area contributed by atoms with E-state index in [1.807, 2.05) is 7.05 Å². The standard InChI is InChI=1S/C14H17F3N2O2/c1-19-5-4-9(8-19)7-18-10-2-3-11(13(20)21)12(6-10)14(15,16)17/h2-3,6,9,18H,4-5,7-8H2,1H3,(H,20,21). The van der Waals surface area contributed by atoms with Gasteiger partial charge in [0.15, 0.2) is 0 Å². The number of benzene rings is 1. The summed E-state index contributed by atoms with van der Waals surface area (Å²) in [7, 11) is 2.00. The minimum Gasteiger partial charge on any atom is -0.478 e. The van der Waals surface area contributed by atoms with Crippen LogP contribution in [0.1, 0.15) is 22.3 Å². The largest absolute Gasteiger partial charge is 0.478 e. The molecule has 21 heavy (non-hydrogen) atoms. The van der Waals surface area contributed by atoms with Gasteiger partial charge in [-0.1, -0.05) is 0 Å². The zero-order valence-corrected chi connectivity index (χ0v) is 11.6. The Morgan fingerprint density at radius 3 is 2.71 bits per heavy atom. The number of halogens is 3. The molecule has 0 amide bonds. The first-order valence-electron chi connectivity index (χ1n) is 6.64. The van der Waals surface area contributed by atoms with Crippen molar-refractivity contribution in [3.63, 3.8) is 0 Å². The lowest BCUT2D eigenvalue weighted by molar-refractivity contribution is -0.138. The Morgan fingerprint density at radius 1 is 1.48 bits per heavy atom. The Morgan fingerprint density at radius 2 is 2.19 bits per heavy atom. The minimum absolute atomic E-state index is 0.293. The van der Waals surface area contributed by atoms with Gasteiger partial charge >= 0.3 is 12.1 Å².